The van der Waals surface area contributed by atoms with Crippen molar-refractivity contribution in [1.82, 2.24) is 0 Å². The molecule has 0 amide bonds. The quantitative estimate of drug-likeness (QED) is 0.715. The molecule has 0 radical (unpaired) electrons. The Labute approximate surface area is 96.6 Å². The third-order valence-electron chi connectivity index (χ3n) is 3.94. The third-order valence-corrected chi connectivity index (χ3v) is 3.94. The molecule has 86 valence electrons. The molecule has 2 atom stereocenters. The fourth-order valence-corrected chi connectivity index (χ4v) is 2.96. The van der Waals surface area contributed by atoms with Crippen LogP contribution in [0, 0.1) is 5.92 Å². The highest BCUT2D eigenvalue weighted by atomic mass is 16.7. The number of fused-ring (bicyclic) bond motifs is 1. The molecule has 1 fully saturated rings. The second kappa shape index (κ2) is 4.00. The Hall–Kier alpha value is -1.18. The molecule has 2 nitrogen and oxygen atoms in total. The zero-order chi connectivity index (χ0) is 11.0. The van der Waals surface area contributed by atoms with Crippen molar-refractivity contribution in [2.24, 2.45) is 5.92 Å². The average molecular weight is 218 g/mol. The van der Waals surface area contributed by atoms with E-state index < -0.39 is 0 Å². The molecule has 1 aliphatic heterocycles. The fraction of sp³-hybridized carbons (Fsp3) is 0.571. The average Bonchev–Trinajstić information content (AvgIpc) is 2.76. The van der Waals surface area contributed by atoms with Crippen LogP contribution in [0.5, 0.6) is 11.5 Å². The molecule has 2 heteroatoms. The summed E-state index contributed by atoms with van der Waals surface area (Å²) >= 11 is 0. The molecule has 0 bridgehead atoms. The Kier molecular flexibility index (Phi) is 2.50. The van der Waals surface area contributed by atoms with Crippen molar-refractivity contribution in [2.75, 3.05) is 6.79 Å². The van der Waals surface area contributed by atoms with Crippen molar-refractivity contribution in [3.05, 3.63) is 23.8 Å². The minimum atomic E-state index is 0.374. The van der Waals surface area contributed by atoms with Gasteiger partial charge in [0.05, 0.1) is 0 Å². The lowest BCUT2D eigenvalue weighted by Gasteiger charge is -2.29. The van der Waals surface area contributed by atoms with E-state index in [-0.39, 0.29) is 0 Å². The van der Waals surface area contributed by atoms with Gasteiger partial charge in [-0.2, -0.15) is 0 Å². The molecule has 1 aromatic carbocycles. The number of ether oxygens (including phenoxy) is 2. The normalized spacial score (nSPS) is 28.1. The number of rotatable bonds is 1. The smallest absolute Gasteiger partial charge is 0.231 e. The third kappa shape index (κ3) is 1.66. The highest BCUT2D eigenvalue weighted by Gasteiger charge is 2.24. The second-order valence-electron chi connectivity index (χ2n) is 4.98. The van der Waals surface area contributed by atoms with E-state index in [1.807, 2.05) is 0 Å². The Morgan fingerprint density at radius 2 is 1.88 bits per heavy atom. The molecule has 1 heterocycles. The summed E-state index contributed by atoms with van der Waals surface area (Å²) in [6.07, 6.45) is 5.44. The molecular formula is C14H18O2. The minimum absolute atomic E-state index is 0.374. The van der Waals surface area contributed by atoms with Gasteiger partial charge in [-0.25, -0.2) is 0 Å². The van der Waals surface area contributed by atoms with Gasteiger partial charge in [-0.3, -0.25) is 0 Å². The predicted octanol–water partition coefficient (Wildman–Crippen LogP) is 3.71. The molecule has 16 heavy (non-hydrogen) atoms. The fourth-order valence-electron chi connectivity index (χ4n) is 2.96. The van der Waals surface area contributed by atoms with Crippen LogP contribution in [0.2, 0.25) is 0 Å². The first-order valence-corrected chi connectivity index (χ1v) is 6.24. The molecule has 0 unspecified atom stereocenters. The van der Waals surface area contributed by atoms with Gasteiger partial charge in [0.15, 0.2) is 11.5 Å². The van der Waals surface area contributed by atoms with Gasteiger partial charge in [-0.1, -0.05) is 32.3 Å². The van der Waals surface area contributed by atoms with E-state index in [2.05, 4.69) is 25.1 Å². The number of benzene rings is 1. The Morgan fingerprint density at radius 3 is 2.75 bits per heavy atom. The zero-order valence-electron chi connectivity index (χ0n) is 9.74. The van der Waals surface area contributed by atoms with E-state index in [1.165, 1.54) is 31.2 Å². The van der Waals surface area contributed by atoms with Gasteiger partial charge in [-0.15, -0.1) is 0 Å². The Balaban J connectivity index is 1.88. The zero-order valence-corrected chi connectivity index (χ0v) is 9.74. The molecule has 1 aliphatic carbocycles. The van der Waals surface area contributed by atoms with E-state index in [4.69, 9.17) is 9.47 Å². The van der Waals surface area contributed by atoms with Crippen LogP contribution in [0.3, 0.4) is 0 Å². The largest absolute Gasteiger partial charge is 0.454 e. The van der Waals surface area contributed by atoms with Crippen molar-refractivity contribution in [3.8, 4) is 11.5 Å². The summed E-state index contributed by atoms with van der Waals surface area (Å²) in [5.74, 6) is 3.33. The van der Waals surface area contributed by atoms with Crippen LogP contribution in [0.25, 0.3) is 0 Å². The highest BCUT2D eigenvalue weighted by Crippen LogP contribution is 2.41. The molecule has 1 aromatic rings. The first kappa shape index (κ1) is 10.0. The van der Waals surface area contributed by atoms with Crippen LogP contribution in [0.4, 0.5) is 0 Å². The summed E-state index contributed by atoms with van der Waals surface area (Å²) in [5.41, 5.74) is 1.43. The molecule has 3 rings (SSSR count). The lowest BCUT2D eigenvalue weighted by Crippen LogP contribution is -2.14. The van der Waals surface area contributed by atoms with E-state index in [0.29, 0.717) is 12.7 Å². The summed E-state index contributed by atoms with van der Waals surface area (Å²) in [6.45, 7) is 2.74. The highest BCUT2D eigenvalue weighted by molar-refractivity contribution is 5.45. The first-order valence-electron chi connectivity index (χ1n) is 6.24. The molecular weight excluding hydrogens is 200 g/mol. The Bertz CT molecular complexity index is 386. The predicted molar refractivity (Wildman–Crippen MR) is 62.9 cm³/mol. The molecule has 0 spiro atoms. The van der Waals surface area contributed by atoms with Gasteiger partial charge in [-0.05, 0) is 36.0 Å². The second-order valence-corrected chi connectivity index (χ2v) is 4.98. The van der Waals surface area contributed by atoms with Crippen molar-refractivity contribution >= 4 is 0 Å². The van der Waals surface area contributed by atoms with Gasteiger partial charge in [0.2, 0.25) is 6.79 Å². The maximum atomic E-state index is 5.44. The van der Waals surface area contributed by atoms with E-state index >= 15 is 0 Å². The van der Waals surface area contributed by atoms with Crippen LogP contribution in [0.1, 0.15) is 44.1 Å². The van der Waals surface area contributed by atoms with E-state index in [0.717, 1.165) is 17.4 Å². The number of hydrogen-bond acceptors (Lipinski definition) is 2. The minimum Gasteiger partial charge on any atom is -0.454 e. The SMILES string of the molecule is C[C@@H]1CCCC[C@H]1c1ccc2c(c1)OCO2. The lowest BCUT2D eigenvalue weighted by atomic mass is 9.76. The van der Waals surface area contributed by atoms with Gasteiger partial charge >= 0.3 is 0 Å². The van der Waals surface area contributed by atoms with Crippen LogP contribution in [-0.2, 0) is 0 Å². The summed E-state index contributed by atoms with van der Waals surface area (Å²) in [5, 5.41) is 0. The maximum absolute atomic E-state index is 5.44. The maximum Gasteiger partial charge on any atom is 0.231 e. The van der Waals surface area contributed by atoms with Gasteiger partial charge in [0, 0.05) is 0 Å². The van der Waals surface area contributed by atoms with Crippen molar-refractivity contribution in [1.29, 1.82) is 0 Å². The summed E-state index contributed by atoms with van der Waals surface area (Å²) in [4.78, 5) is 0. The van der Waals surface area contributed by atoms with Gasteiger partial charge < -0.3 is 9.47 Å². The molecule has 0 saturated heterocycles. The summed E-state index contributed by atoms with van der Waals surface area (Å²) < 4.78 is 10.8. The van der Waals surface area contributed by atoms with Gasteiger partial charge in [0.1, 0.15) is 0 Å². The summed E-state index contributed by atoms with van der Waals surface area (Å²) in [6, 6.07) is 6.44. The van der Waals surface area contributed by atoms with E-state index in [9.17, 15) is 0 Å². The van der Waals surface area contributed by atoms with Crippen LogP contribution in [-0.4, -0.2) is 6.79 Å². The summed E-state index contributed by atoms with van der Waals surface area (Å²) in [7, 11) is 0. The molecule has 1 saturated carbocycles. The van der Waals surface area contributed by atoms with Crippen molar-refractivity contribution in [2.45, 2.75) is 38.5 Å². The standard InChI is InChI=1S/C14H18O2/c1-10-4-2-3-5-12(10)11-6-7-13-14(8-11)16-9-15-13/h6-8,10,12H,2-5,9H2,1H3/t10-,12-/m1/s1. The van der Waals surface area contributed by atoms with Crippen LogP contribution in [0.15, 0.2) is 18.2 Å². The van der Waals surface area contributed by atoms with Crippen molar-refractivity contribution in [3.63, 3.8) is 0 Å². The molecule has 0 N–H and O–H groups in total. The van der Waals surface area contributed by atoms with Gasteiger partial charge in [0.25, 0.3) is 0 Å². The molecule has 0 aromatic heterocycles. The van der Waals surface area contributed by atoms with Crippen LogP contribution < -0.4 is 9.47 Å². The topological polar surface area (TPSA) is 18.5 Å². The van der Waals surface area contributed by atoms with E-state index in [1.54, 1.807) is 0 Å². The Morgan fingerprint density at radius 1 is 1.06 bits per heavy atom. The molecule has 2 aliphatic rings. The monoisotopic (exact) mass is 218 g/mol. The van der Waals surface area contributed by atoms with Crippen molar-refractivity contribution < 1.29 is 9.47 Å². The first-order chi connectivity index (χ1) is 7.84. The van der Waals surface area contributed by atoms with Crippen LogP contribution >= 0.6 is 0 Å². The lowest BCUT2D eigenvalue weighted by molar-refractivity contribution is 0.174. The number of hydrogen-bond donors (Lipinski definition) is 0.